The minimum Gasteiger partial charge on any atom is -0.450 e. The van der Waals surface area contributed by atoms with Crippen molar-refractivity contribution < 1.29 is 9.21 Å². The third-order valence-corrected chi connectivity index (χ3v) is 6.93. The number of aryl methyl sites for hydroxylation is 2. The summed E-state index contributed by atoms with van der Waals surface area (Å²) >= 11 is 1.45. The van der Waals surface area contributed by atoms with Gasteiger partial charge in [-0.2, -0.15) is 0 Å². The first kappa shape index (κ1) is 19.0. The van der Waals surface area contributed by atoms with Gasteiger partial charge in [0, 0.05) is 0 Å². The molecule has 2 aromatic heterocycles. The number of para-hydroxylation sites is 1. The fourth-order valence-electron chi connectivity index (χ4n) is 4.30. The first-order chi connectivity index (χ1) is 15.5. The van der Waals surface area contributed by atoms with Gasteiger partial charge < -0.3 is 4.42 Å². The molecule has 0 bridgehead atoms. The molecule has 0 fully saturated rings. The van der Waals surface area contributed by atoms with E-state index in [0.29, 0.717) is 21.7 Å². The molecule has 5 nitrogen and oxygen atoms in total. The zero-order valence-corrected chi connectivity index (χ0v) is 18.3. The first-order valence-corrected chi connectivity index (χ1v) is 11.2. The van der Waals surface area contributed by atoms with Crippen molar-refractivity contribution in [3.05, 3.63) is 105 Å². The zero-order chi connectivity index (χ0) is 22.0. The monoisotopic (exact) mass is 438 g/mol. The normalized spacial score (nSPS) is 15.6. The topological polar surface area (TPSA) is 63.4 Å². The average molecular weight is 439 g/mol. The number of nitrogens with zero attached hydrogens (tertiary/aromatic N) is 2. The van der Waals surface area contributed by atoms with Crippen LogP contribution in [0.1, 0.15) is 38.9 Å². The Hall–Kier alpha value is -3.77. The molecule has 3 heterocycles. The largest absolute Gasteiger partial charge is 0.450 e. The number of carbonyl (C=O) groups excluding carboxylic acids is 1. The van der Waals surface area contributed by atoms with Gasteiger partial charge in [-0.1, -0.05) is 59.4 Å². The van der Waals surface area contributed by atoms with Gasteiger partial charge in [-0.3, -0.25) is 14.5 Å². The highest BCUT2D eigenvalue weighted by atomic mass is 32.1. The fourth-order valence-corrected chi connectivity index (χ4v) is 5.39. The third kappa shape index (κ3) is 2.73. The van der Waals surface area contributed by atoms with Crippen molar-refractivity contribution >= 4 is 43.6 Å². The SMILES string of the molecule is Cc1ccc([C@H]2c3c(oc4ccccc4c3=O)C(=O)N2c2nc3ccc(C)cc3s2)cc1. The van der Waals surface area contributed by atoms with Crippen molar-refractivity contribution in [2.24, 2.45) is 0 Å². The Kier molecular flexibility index (Phi) is 4.07. The molecule has 0 radical (unpaired) electrons. The summed E-state index contributed by atoms with van der Waals surface area (Å²) in [5.41, 5.74) is 4.50. The number of aromatic nitrogens is 1. The van der Waals surface area contributed by atoms with Crippen LogP contribution in [0.4, 0.5) is 5.13 Å². The number of hydrogen-bond acceptors (Lipinski definition) is 5. The van der Waals surface area contributed by atoms with Gasteiger partial charge in [0.2, 0.25) is 5.76 Å². The van der Waals surface area contributed by atoms with E-state index in [9.17, 15) is 9.59 Å². The standard InChI is InChI=1S/C26H18N2O3S/c1-14-7-10-16(11-8-14)22-21-23(29)17-5-3-4-6-19(17)31-24(21)25(30)28(22)26-27-18-12-9-15(2)13-20(18)32-26/h3-13,22H,1-2H3/t22-/m0/s1. The molecule has 5 aromatic rings. The molecule has 1 atom stereocenters. The molecular formula is C26H18N2O3S. The predicted octanol–water partition coefficient (Wildman–Crippen LogP) is 5.77. The van der Waals surface area contributed by atoms with Gasteiger partial charge in [-0.05, 0) is 49.2 Å². The van der Waals surface area contributed by atoms with Crippen molar-refractivity contribution in [1.82, 2.24) is 4.98 Å². The van der Waals surface area contributed by atoms with E-state index in [1.165, 1.54) is 11.3 Å². The quantitative estimate of drug-likeness (QED) is 0.351. The van der Waals surface area contributed by atoms with Crippen LogP contribution in [0.5, 0.6) is 0 Å². The second-order valence-electron chi connectivity index (χ2n) is 8.13. The first-order valence-electron chi connectivity index (χ1n) is 10.3. The maximum atomic E-state index is 13.6. The van der Waals surface area contributed by atoms with E-state index in [1.54, 1.807) is 29.2 Å². The highest BCUT2D eigenvalue weighted by Gasteiger charge is 2.44. The molecule has 0 saturated heterocycles. The van der Waals surface area contributed by atoms with Gasteiger partial charge in [-0.25, -0.2) is 4.98 Å². The molecule has 0 N–H and O–H groups in total. The van der Waals surface area contributed by atoms with E-state index < -0.39 is 6.04 Å². The summed E-state index contributed by atoms with van der Waals surface area (Å²) in [5.74, 6) is -0.251. The van der Waals surface area contributed by atoms with E-state index in [-0.39, 0.29) is 17.1 Å². The molecule has 6 heteroatoms. The van der Waals surface area contributed by atoms with Crippen LogP contribution in [0.2, 0.25) is 0 Å². The van der Waals surface area contributed by atoms with Gasteiger partial charge >= 0.3 is 0 Å². The number of amides is 1. The van der Waals surface area contributed by atoms with Crippen LogP contribution in [0.3, 0.4) is 0 Å². The van der Waals surface area contributed by atoms with E-state index in [2.05, 4.69) is 6.07 Å². The predicted molar refractivity (Wildman–Crippen MR) is 127 cm³/mol. The highest BCUT2D eigenvalue weighted by Crippen LogP contribution is 2.43. The van der Waals surface area contributed by atoms with E-state index in [4.69, 9.17) is 9.40 Å². The summed E-state index contributed by atoms with van der Waals surface area (Å²) in [6.07, 6.45) is 0. The van der Waals surface area contributed by atoms with E-state index in [1.807, 2.05) is 50.2 Å². The minimum atomic E-state index is -0.597. The van der Waals surface area contributed by atoms with Gasteiger partial charge in [0.1, 0.15) is 5.58 Å². The molecule has 6 rings (SSSR count). The lowest BCUT2D eigenvalue weighted by molar-refractivity contribution is 0.0971. The number of anilines is 1. The lowest BCUT2D eigenvalue weighted by Crippen LogP contribution is -2.29. The Bertz CT molecular complexity index is 1600. The molecule has 1 aliphatic heterocycles. The van der Waals surface area contributed by atoms with E-state index >= 15 is 0 Å². The number of fused-ring (bicyclic) bond motifs is 3. The Labute approximate surface area is 187 Å². The number of carbonyl (C=O) groups is 1. The molecule has 0 saturated carbocycles. The van der Waals surface area contributed by atoms with Gasteiger partial charge in [0.15, 0.2) is 10.6 Å². The average Bonchev–Trinajstić information content (AvgIpc) is 3.33. The number of thiazole rings is 1. The molecule has 32 heavy (non-hydrogen) atoms. The van der Waals surface area contributed by atoms with Crippen molar-refractivity contribution in [3.8, 4) is 0 Å². The van der Waals surface area contributed by atoms with E-state index in [0.717, 1.165) is 26.9 Å². The Balaban J connectivity index is 1.64. The summed E-state index contributed by atoms with van der Waals surface area (Å²) in [6, 6.07) is 20.4. The zero-order valence-electron chi connectivity index (χ0n) is 17.5. The number of benzene rings is 3. The van der Waals surface area contributed by atoms with Crippen LogP contribution >= 0.6 is 11.3 Å². The Morgan fingerprint density at radius 3 is 2.50 bits per heavy atom. The molecule has 3 aromatic carbocycles. The van der Waals surface area contributed by atoms with Crippen LogP contribution in [0.25, 0.3) is 21.2 Å². The molecular weight excluding hydrogens is 420 g/mol. The fraction of sp³-hybridized carbons (Fsp3) is 0.115. The second-order valence-corrected chi connectivity index (χ2v) is 9.14. The molecule has 0 spiro atoms. The highest BCUT2D eigenvalue weighted by molar-refractivity contribution is 7.22. The third-order valence-electron chi connectivity index (χ3n) is 5.91. The maximum Gasteiger partial charge on any atom is 0.297 e. The second kappa shape index (κ2) is 6.87. The van der Waals surface area contributed by atoms with Crippen molar-refractivity contribution in [3.63, 3.8) is 0 Å². The van der Waals surface area contributed by atoms with Gasteiger partial charge in [-0.15, -0.1) is 0 Å². The smallest absolute Gasteiger partial charge is 0.297 e. The van der Waals surface area contributed by atoms with Crippen LogP contribution in [0.15, 0.2) is 75.9 Å². The van der Waals surface area contributed by atoms with Crippen molar-refractivity contribution in [2.75, 3.05) is 4.90 Å². The van der Waals surface area contributed by atoms with Crippen LogP contribution in [0, 0.1) is 13.8 Å². The lowest BCUT2D eigenvalue weighted by atomic mass is 9.98. The molecule has 1 aliphatic rings. The minimum absolute atomic E-state index is 0.0923. The number of hydrogen-bond donors (Lipinski definition) is 0. The molecule has 0 aliphatic carbocycles. The summed E-state index contributed by atoms with van der Waals surface area (Å²) in [7, 11) is 0. The molecule has 156 valence electrons. The van der Waals surface area contributed by atoms with Crippen LogP contribution in [-0.2, 0) is 0 Å². The van der Waals surface area contributed by atoms with Gasteiger partial charge in [0.25, 0.3) is 5.91 Å². The van der Waals surface area contributed by atoms with Crippen molar-refractivity contribution in [1.29, 1.82) is 0 Å². The van der Waals surface area contributed by atoms with Crippen LogP contribution in [-0.4, -0.2) is 10.9 Å². The number of rotatable bonds is 2. The summed E-state index contributed by atoms with van der Waals surface area (Å²) in [6.45, 7) is 4.03. The summed E-state index contributed by atoms with van der Waals surface area (Å²) in [5, 5.41) is 1.02. The molecule has 1 amide bonds. The van der Waals surface area contributed by atoms with Crippen molar-refractivity contribution in [2.45, 2.75) is 19.9 Å². The van der Waals surface area contributed by atoms with Crippen LogP contribution < -0.4 is 10.3 Å². The lowest BCUT2D eigenvalue weighted by Gasteiger charge is -2.22. The Morgan fingerprint density at radius 1 is 0.938 bits per heavy atom. The van der Waals surface area contributed by atoms with Gasteiger partial charge in [0.05, 0.1) is 27.2 Å². The Morgan fingerprint density at radius 2 is 1.69 bits per heavy atom. The molecule has 0 unspecified atom stereocenters. The summed E-state index contributed by atoms with van der Waals surface area (Å²) < 4.78 is 7.00. The maximum absolute atomic E-state index is 13.6. The summed E-state index contributed by atoms with van der Waals surface area (Å²) in [4.78, 5) is 33.6.